The zero-order valence-electron chi connectivity index (χ0n) is 16.4. The molecule has 8 heteroatoms. The number of hydrogen-bond donors (Lipinski definition) is 1. The molecule has 152 valence electrons. The number of nitrogens with one attached hydrogen (secondary N) is 1. The summed E-state index contributed by atoms with van der Waals surface area (Å²) in [4.78, 5) is 4.44. The maximum atomic E-state index is 13.0. The number of aromatic nitrogens is 2. The van der Waals surface area contributed by atoms with Gasteiger partial charge in [-0.3, -0.25) is 4.72 Å². The highest BCUT2D eigenvalue weighted by Gasteiger charge is 2.23. The quantitative estimate of drug-likeness (QED) is 0.492. The van der Waals surface area contributed by atoms with E-state index in [4.69, 9.17) is 9.26 Å². The molecule has 0 unspecified atom stereocenters. The molecule has 1 N–H and O–H groups in total. The van der Waals surface area contributed by atoms with E-state index in [1.54, 1.807) is 49.6 Å². The predicted octanol–water partition coefficient (Wildman–Crippen LogP) is 4.52. The third kappa shape index (κ3) is 4.04. The normalized spacial score (nSPS) is 11.3. The molecular weight excluding hydrogens is 402 g/mol. The lowest BCUT2D eigenvalue weighted by Gasteiger charge is -2.11. The van der Waals surface area contributed by atoms with Gasteiger partial charge in [0.25, 0.3) is 15.9 Å². The molecule has 0 saturated heterocycles. The molecular formula is C22H19N3O4S. The molecule has 0 saturated carbocycles. The average molecular weight is 421 g/mol. The van der Waals surface area contributed by atoms with Crippen LogP contribution in [0.2, 0.25) is 0 Å². The number of anilines is 1. The van der Waals surface area contributed by atoms with Crippen molar-refractivity contribution in [3.05, 3.63) is 78.4 Å². The molecule has 4 rings (SSSR count). The van der Waals surface area contributed by atoms with Crippen molar-refractivity contribution >= 4 is 15.7 Å². The Balaban J connectivity index is 1.67. The molecule has 0 atom stereocenters. The third-order valence-corrected chi connectivity index (χ3v) is 5.92. The zero-order chi connectivity index (χ0) is 21.1. The van der Waals surface area contributed by atoms with Crippen molar-refractivity contribution in [3.63, 3.8) is 0 Å². The van der Waals surface area contributed by atoms with E-state index in [0.29, 0.717) is 22.8 Å². The van der Waals surface area contributed by atoms with Crippen LogP contribution < -0.4 is 9.46 Å². The molecule has 0 amide bonds. The number of rotatable bonds is 6. The second-order valence-electron chi connectivity index (χ2n) is 6.62. The van der Waals surface area contributed by atoms with Gasteiger partial charge in [-0.1, -0.05) is 47.1 Å². The van der Waals surface area contributed by atoms with Gasteiger partial charge < -0.3 is 9.26 Å². The van der Waals surface area contributed by atoms with Crippen molar-refractivity contribution in [3.8, 4) is 28.6 Å². The number of nitrogens with zero attached hydrogens (tertiary/aromatic N) is 2. The molecule has 0 aliphatic carbocycles. The number of methoxy groups -OCH3 is 1. The van der Waals surface area contributed by atoms with Gasteiger partial charge in [0.05, 0.1) is 12.7 Å². The summed E-state index contributed by atoms with van der Waals surface area (Å²) in [7, 11) is -2.34. The third-order valence-electron chi connectivity index (χ3n) is 4.49. The lowest BCUT2D eigenvalue weighted by Crippen LogP contribution is -2.14. The molecule has 0 bridgehead atoms. The molecule has 0 fully saturated rings. The Bertz CT molecular complexity index is 1260. The van der Waals surface area contributed by atoms with Crippen molar-refractivity contribution < 1.29 is 17.7 Å². The molecule has 0 aliphatic rings. The lowest BCUT2D eigenvalue weighted by molar-refractivity contribution is 0.415. The van der Waals surface area contributed by atoms with Gasteiger partial charge in [-0.2, -0.15) is 4.98 Å². The first-order chi connectivity index (χ1) is 14.5. The minimum absolute atomic E-state index is 0.0416. The molecule has 1 aromatic heterocycles. The zero-order valence-corrected chi connectivity index (χ0v) is 17.2. The van der Waals surface area contributed by atoms with E-state index in [9.17, 15) is 8.42 Å². The van der Waals surface area contributed by atoms with Crippen LogP contribution in [0.5, 0.6) is 5.75 Å². The van der Waals surface area contributed by atoms with E-state index in [1.165, 1.54) is 6.07 Å². The fourth-order valence-electron chi connectivity index (χ4n) is 2.90. The Hall–Kier alpha value is -3.65. The SMILES string of the molecule is COc1ccc(NS(=O)(=O)c2ccccc2-c2nc(-c3ccc(C)cc3)no2)cc1. The summed E-state index contributed by atoms with van der Waals surface area (Å²) in [6, 6.07) is 20.8. The van der Waals surface area contributed by atoms with Gasteiger partial charge in [0.15, 0.2) is 0 Å². The van der Waals surface area contributed by atoms with Crippen molar-refractivity contribution in [2.75, 3.05) is 11.8 Å². The number of hydrogen-bond acceptors (Lipinski definition) is 6. The van der Waals surface area contributed by atoms with Crippen LogP contribution in [-0.4, -0.2) is 25.7 Å². The fourth-order valence-corrected chi connectivity index (χ4v) is 4.16. The van der Waals surface area contributed by atoms with E-state index < -0.39 is 10.0 Å². The maximum absolute atomic E-state index is 13.0. The van der Waals surface area contributed by atoms with E-state index in [2.05, 4.69) is 14.9 Å². The second kappa shape index (κ2) is 8.00. The van der Waals surface area contributed by atoms with Gasteiger partial charge in [0, 0.05) is 11.3 Å². The van der Waals surface area contributed by atoms with Crippen molar-refractivity contribution in [1.29, 1.82) is 0 Å². The summed E-state index contributed by atoms with van der Waals surface area (Å²) < 4.78 is 39.1. The molecule has 4 aromatic rings. The molecule has 7 nitrogen and oxygen atoms in total. The molecule has 0 aliphatic heterocycles. The van der Waals surface area contributed by atoms with Gasteiger partial charge in [0.2, 0.25) is 5.82 Å². The van der Waals surface area contributed by atoms with Crippen LogP contribution in [0, 0.1) is 6.92 Å². The smallest absolute Gasteiger partial charge is 0.262 e. The minimum Gasteiger partial charge on any atom is -0.497 e. The Labute approximate surface area is 174 Å². The topological polar surface area (TPSA) is 94.3 Å². The van der Waals surface area contributed by atoms with Crippen LogP contribution in [0.4, 0.5) is 5.69 Å². The molecule has 3 aromatic carbocycles. The summed E-state index contributed by atoms with van der Waals surface area (Å²) in [6.45, 7) is 1.99. The molecule has 0 radical (unpaired) electrons. The Morgan fingerprint density at radius 1 is 0.933 bits per heavy atom. The monoisotopic (exact) mass is 421 g/mol. The summed E-state index contributed by atoms with van der Waals surface area (Å²) >= 11 is 0. The predicted molar refractivity (Wildman–Crippen MR) is 114 cm³/mol. The Kier molecular flexibility index (Phi) is 5.24. The number of aryl methyl sites for hydroxylation is 1. The molecule has 0 spiro atoms. The summed E-state index contributed by atoms with van der Waals surface area (Å²) in [5.41, 5.74) is 2.64. The second-order valence-corrected chi connectivity index (χ2v) is 8.27. The van der Waals surface area contributed by atoms with Crippen LogP contribution >= 0.6 is 0 Å². The maximum Gasteiger partial charge on any atom is 0.262 e. The van der Waals surface area contributed by atoms with Gasteiger partial charge >= 0.3 is 0 Å². The van der Waals surface area contributed by atoms with E-state index in [0.717, 1.165) is 11.1 Å². The van der Waals surface area contributed by atoms with Crippen LogP contribution in [0.3, 0.4) is 0 Å². The highest BCUT2D eigenvalue weighted by molar-refractivity contribution is 7.92. The van der Waals surface area contributed by atoms with Crippen LogP contribution in [0.15, 0.2) is 82.2 Å². The van der Waals surface area contributed by atoms with Crippen molar-refractivity contribution in [2.45, 2.75) is 11.8 Å². The first-order valence-corrected chi connectivity index (χ1v) is 10.6. The van der Waals surface area contributed by atoms with Crippen LogP contribution in [-0.2, 0) is 10.0 Å². The first-order valence-electron chi connectivity index (χ1n) is 9.13. The Morgan fingerprint density at radius 3 is 2.33 bits per heavy atom. The largest absolute Gasteiger partial charge is 0.497 e. The number of sulfonamides is 1. The molecule has 1 heterocycles. The van der Waals surface area contributed by atoms with Gasteiger partial charge in [0.1, 0.15) is 10.6 Å². The standard InChI is InChI=1S/C22H19N3O4S/c1-15-7-9-16(10-8-15)21-23-22(29-24-21)19-5-3-4-6-20(19)30(26,27)25-17-11-13-18(28-2)14-12-17/h3-14,25H,1-2H3. The Morgan fingerprint density at radius 2 is 1.63 bits per heavy atom. The van der Waals surface area contributed by atoms with Gasteiger partial charge in [-0.25, -0.2) is 8.42 Å². The van der Waals surface area contributed by atoms with E-state index >= 15 is 0 Å². The average Bonchev–Trinajstić information content (AvgIpc) is 3.25. The van der Waals surface area contributed by atoms with E-state index in [1.807, 2.05) is 31.2 Å². The first kappa shape index (κ1) is 19.7. The van der Waals surface area contributed by atoms with Crippen LogP contribution in [0.25, 0.3) is 22.8 Å². The fraction of sp³-hybridized carbons (Fsp3) is 0.0909. The summed E-state index contributed by atoms with van der Waals surface area (Å²) in [5.74, 6) is 1.15. The van der Waals surface area contributed by atoms with E-state index in [-0.39, 0.29) is 10.8 Å². The van der Waals surface area contributed by atoms with Crippen molar-refractivity contribution in [1.82, 2.24) is 10.1 Å². The number of ether oxygens (including phenoxy) is 1. The molecule has 30 heavy (non-hydrogen) atoms. The van der Waals surface area contributed by atoms with Crippen LogP contribution in [0.1, 0.15) is 5.56 Å². The minimum atomic E-state index is -3.89. The lowest BCUT2D eigenvalue weighted by atomic mass is 10.1. The highest BCUT2D eigenvalue weighted by atomic mass is 32.2. The van der Waals surface area contributed by atoms with Crippen molar-refractivity contribution in [2.24, 2.45) is 0 Å². The highest BCUT2D eigenvalue weighted by Crippen LogP contribution is 2.29. The summed E-state index contributed by atoms with van der Waals surface area (Å²) in [6.07, 6.45) is 0. The van der Waals surface area contributed by atoms with Gasteiger partial charge in [-0.15, -0.1) is 0 Å². The number of benzene rings is 3. The summed E-state index contributed by atoms with van der Waals surface area (Å²) in [5, 5.41) is 4.00. The van der Waals surface area contributed by atoms with Gasteiger partial charge in [-0.05, 0) is 43.3 Å².